The first-order chi connectivity index (χ1) is 13.4. The Morgan fingerprint density at radius 1 is 1.25 bits per heavy atom. The summed E-state index contributed by atoms with van der Waals surface area (Å²) in [7, 11) is -3.71. The van der Waals surface area contributed by atoms with Crippen molar-refractivity contribution < 1.29 is 13.2 Å². The number of sulfonamides is 1. The number of anilines is 1. The maximum absolute atomic E-state index is 12.9. The minimum Gasteiger partial charge on any atom is -0.301 e. The molecule has 1 amide bonds. The molecule has 3 aromatic rings. The second-order valence-electron chi connectivity index (χ2n) is 6.28. The lowest BCUT2D eigenvalue weighted by atomic mass is 10.0. The van der Waals surface area contributed by atoms with Gasteiger partial charge in [-0.05, 0) is 36.4 Å². The summed E-state index contributed by atoms with van der Waals surface area (Å²) in [6, 6.07) is 5.93. The van der Waals surface area contributed by atoms with Gasteiger partial charge in [-0.2, -0.15) is 4.31 Å². The number of nitrogens with one attached hydrogen (secondary N) is 1. The van der Waals surface area contributed by atoms with E-state index in [0.717, 1.165) is 28.9 Å². The van der Waals surface area contributed by atoms with Crippen molar-refractivity contribution in [2.45, 2.75) is 29.5 Å². The minimum absolute atomic E-state index is 0.244. The first-order valence-corrected chi connectivity index (χ1v) is 12.4. The molecule has 1 atom stereocenters. The van der Waals surface area contributed by atoms with E-state index in [1.54, 1.807) is 29.6 Å². The van der Waals surface area contributed by atoms with Gasteiger partial charge in [0.25, 0.3) is 10.0 Å². The topological polar surface area (TPSA) is 79.4 Å². The van der Waals surface area contributed by atoms with Crippen molar-refractivity contribution in [3.8, 4) is 0 Å². The third kappa shape index (κ3) is 3.67. The first-order valence-electron chi connectivity index (χ1n) is 8.48. The summed E-state index contributed by atoms with van der Waals surface area (Å²) >= 11 is 14.6. The smallest absolute Gasteiger partial charge is 0.253 e. The Morgan fingerprint density at radius 3 is 2.82 bits per heavy atom. The number of hydrogen-bond donors (Lipinski definition) is 1. The predicted octanol–water partition coefficient (Wildman–Crippen LogP) is 4.85. The van der Waals surface area contributed by atoms with E-state index in [-0.39, 0.29) is 10.1 Å². The number of nitrogens with zero attached hydrogens (tertiary/aromatic N) is 2. The molecule has 11 heteroatoms. The van der Waals surface area contributed by atoms with E-state index < -0.39 is 16.1 Å². The fourth-order valence-electron chi connectivity index (χ4n) is 3.16. The largest absolute Gasteiger partial charge is 0.301 e. The number of benzene rings is 1. The van der Waals surface area contributed by atoms with Crippen LogP contribution < -0.4 is 5.32 Å². The number of carbonyl (C=O) groups is 1. The van der Waals surface area contributed by atoms with E-state index in [1.165, 1.54) is 15.6 Å². The molecule has 1 unspecified atom stereocenters. The summed E-state index contributed by atoms with van der Waals surface area (Å²) in [5.41, 5.74) is 0.515. The molecule has 3 heterocycles. The molecule has 4 rings (SSSR count). The van der Waals surface area contributed by atoms with Gasteiger partial charge in [-0.1, -0.05) is 47.0 Å². The van der Waals surface area contributed by atoms with Crippen LogP contribution in [0.2, 0.25) is 10.0 Å². The van der Waals surface area contributed by atoms with Crippen molar-refractivity contribution in [3.63, 3.8) is 0 Å². The van der Waals surface area contributed by atoms with Gasteiger partial charge in [-0.3, -0.25) is 4.79 Å². The van der Waals surface area contributed by atoms with Gasteiger partial charge in [-0.15, -0.1) is 11.3 Å². The lowest BCUT2D eigenvalue weighted by Gasteiger charge is -2.32. The second-order valence-corrected chi connectivity index (χ2v) is 11.2. The molecule has 1 aliphatic heterocycles. The molecule has 0 spiro atoms. The number of thiophene rings is 1. The zero-order valence-electron chi connectivity index (χ0n) is 14.4. The van der Waals surface area contributed by atoms with Crippen LogP contribution in [0.4, 0.5) is 5.13 Å². The molecule has 1 aromatic carbocycles. The molecule has 148 valence electrons. The van der Waals surface area contributed by atoms with Crippen molar-refractivity contribution in [1.29, 1.82) is 0 Å². The Morgan fingerprint density at radius 2 is 2.07 bits per heavy atom. The van der Waals surface area contributed by atoms with Gasteiger partial charge in [-0.25, -0.2) is 13.4 Å². The van der Waals surface area contributed by atoms with Crippen LogP contribution in [0.5, 0.6) is 0 Å². The predicted molar refractivity (Wildman–Crippen MR) is 114 cm³/mol. The van der Waals surface area contributed by atoms with Crippen molar-refractivity contribution in [2.75, 3.05) is 11.9 Å². The van der Waals surface area contributed by atoms with Gasteiger partial charge >= 0.3 is 0 Å². The highest BCUT2D eigenvalue weighted by Crippen LogP contribution is 2.36. The Kier molecular flexibility index (Phi) is 5.65. The van der Waals surface area contributed by atoms with E-state index in [0.29, 0.717) is 33.7 Å². The normalized spacial score (nSPS) is 18.4. The van der Waals surface area contributed by atoms with E-state index in [2.05, 4.69) is 10.3 Å². The Balaban J connectivity index is 1.60. The zero-order valence-corrected chi connectivity index (χ0v) is 18.4. The van der Waals surface area contributed by atoms with Crippen molar-refractivity contribution in [1.82, 2.24) is 9.29 Å². The van der Waals surface area contributed by atoms with Crippen molar-refractivity contribution in [3.05, 3.63) is 39.7 Å². The number of fused-ring (bicyclic) bond motifs is 1. The Bertz CT molecular complexity index is 1130. The second kappa shape index (κ2) is 7.89. The number of piperidine rings is 1. The van der Waals surface area contributed by atoms with E-state index >= 15 is 0 Å². The highest BCUT2D eigenvalue weighted by Gasteiger charge is 2.38. The molecule has 1 fully saturated rings. The molecular formula is C17H15Cl2N3O3S3. The summed E-state index contributed by atoms with van der Waals surface area (Å²) in [6.07, 6.45) is 1.98. The van der Waals surface area contributed by atoms with Gasteiger partial charge in [0.15, 0.2) is 5.13 Å². The molecule has 0 radical (unpaired) electrons. The zero-order chi connectivity index (χ0) is 19.9. The Hall–Kier alpha value is -1.23. The van der Waals surface area contributed by atoms with Gasteiger partial charge in [0.2, 0.25) is 5.91 Å². The number of hydrogen-bond acceptors (Lipinski definition) is 6. The summed E-state index contributed by atoms with van der Waals surface area (Å²) in [6.45, 7) is 0.319. The first kappa shape index (κ1) is 20.1. The Labute approximate surface area is 180 Å². The quantitative estimate of drug-likeness (QED) is 0.584. The van der Waals surface area contributed by atoms with Crippen LogP contribution >= 0.6 is 45.9 Å². The molecule has 6 nitrogen and oxygen atoms in total. The van der Waals surface area contributed by atoms with Crippen LogP contribution in [0.25, 0.3) is 10.2 Å². The minimum atomic E-state index is -3.71. The number of halogens is 2. The van der Waals surface area contributed by atoms with Crippen LogP contribution in [0.1, 0.15) is 19.3 Å². The van der Waals surface area contributed by atoms with Crippen LogP contribution in [-0.4, -0.2) is 36.2 Å². The highest BCUT2D eigenvalue weighted by molar-refractivity contribution is 7.91. The SMILES string of the molecule is O=C(Nc1nc2c(Cl)c(Cl)ccc2s1)C1CCCCN1S(=O)(=O)c1cccs1. The average Bonchev–Trinajstić information content (AvgIpc) is 3.35. The van der Waals surface area contributed by atoms with Crippen molar-refractivity contribution in [2.24, 2.45) is 0 Å². The van der Waals surface area contributed by atoms with E-state index in [1.807, 2.05) is 0 Å². The summed E-state index contributed by atoms with van der Waals surface area (Å²) in [5.74, 6) is -0.388. The summed E-state index contributed by atoms with van der Waals surface area (Å²) in [5, 5.41) is 5.55. The highest BCUT2D eigenvalue weighted by atomic mass is 35.5. The van der Waals surface area contributed by atoms with Crippen LogP contribution in [-0.2, 0) is 14.8 Å². The standard InChI is InChI=1S/C17H15Cl2N3O3S3/c18-10-6-7-12-15(14(10)19)20-17(27-12)21-16(23)11-4-1-2-8-22(11)28(24,25)13-5-3-9-26-13/h3,5-7,9,11H,1-2,4,8H2,(H,20,21,23). The number of aromatic nitrogens is 1. The van der Waals surface area contributed by atoms with E-state index in [4.69, 9.17) is 23.2 Å². The number of amides is 1. The van der Waals surface area contributed by atoms with Crippen LogP contribution in [0, 0.1) is 0 Å². The molecule has 0 saturated carbocycles. The molecule has 0 aliphatic carbocycles. The summed E-state index contributed by atoms with van der Waals surface area (Å²) < 4.78 is 28.2. The average molecular weight is 476 g/mol. The molecule has 28 heavy (non-hydrogen) atoms. The molecular weight excluding hydrogens is 461 g/mol. The van der Waals surface area contributed by atoms with Gasteiger partial charge in [0, 0.05) is 6.54 Å². The van der Waals surface area contributed by atoms with Crippen molar-refractivity contribution >= 4 is 77.2 Å². The molecule has 1 saturated heterocycles. The molecule has 2 aromatic heterocycles. The number of thiazole rings is 1. The molecule has 1 N–H and O–H groups in total. The van der Waals surface area contributed by atoms with Gasteiger partial charge in [0.1, 0.15) is 15.8 Å². The fourth-order valence-corrected chi connectivity index (χ4v) is 7.23. The van der Waals surface area contributed by atoms with Gasteiger partial charge < -0.3 is 5.32 Å². The molecule has 1 aliphatic rings. The molecule has 0 bridgehead atoms. The van der Waals surface area contributed by atoms with Gasteiger partial charge in [0.05, 0.1) is 14.7 Å². The van der Waals surface area contributed by atoms with Crippen LogP contribution in [0.15, 0.2) is 33.9 Å². The monoisotopic (exact) mass is 475 g/mol. The van der Waals surface area contributed by atoms with Crippen LogP contribution in [0.3, 0.4) is 0 Å². The summed E-state index contributed by atoms with van der Waals surface area (Å²) in [4.78, 5) is 17.3. The third-order valence-electron chi connectivity index (χ3n) is 4.50. The number of rotatable bonds is 4. The fraction of sp³-hybridized carbons (Fsp3) is 0.294. The van der Waals surface area contributed by atoms with E-state index in [9.17, 15) is 13.2 Å². The number of carbonyl (C=O) groups excluding carboxylic acids is 1. The third-order valence-corrected chi connectivity index (χ3v) is 9.51. The lowest BCUT2D eigenvalue weighted by molar-refractivity contribution is -0.120. The maximum atomic E-state index is 12.9. The maximum Gasteiger partial charge on any atom is 0.253 e. The lowest BCUT2D eigenvalue weighted by Crippen LogP contribution is -2.49.